The van der Waals surface area contributed by atoms with E-state index in [1.165, 1.54) is 12.1 Å². The van der Waals surface area contributed by atoms with E-state index in [9.17, 15) is 10.1 Å². The molecule has 0 atom stereocenters. The molecule has 0 heterocycles. The van der Waals surface area contributed by atoms with Crippen molar-refractivity contribution in [2.45, 2.75) is 24.9 Å². The number of halogens is 1. The quantitative estimate of drug-likeness (QED) is 0.659. The fraction of sp³-hybridized carbons (Fsp3) is 0.400. The van der Waals surface area contributed by atoms with E-state index in [1.807, 2.05) is 0 Å². The average molecular weight is 286 g/mol. The number of anilines is 1. The summed E-state index contributed by atoms with van der Waals surface area (Å²) in [5.41, 5.74) is 6.53. The molecule has 0 aromatic heterocycles. The van der Waals surface area contributed by atoms with Crippen LogP contribution >= 0.6 is 15.9 Å². The van der Waals surface area contributed by atoms with Crippen LogP contribution in [0, 0.1) is 10.1 Å². The Bertz CT molecular complexity index is 419. The van der Waals surface area contributed by atoms with Crippen LogP contribution in [0.25, 0.3) is 0 Å². The van der Waals surface area contributed by atoms with Crippen molar-refractivity contribution in [1.82, 2.24) is 0 Å². The van der Waals surface area contributed by atoms with E-state index in [-0.39, 0.29) is 11.7 Å². The van der Waals surface area contributed by atoms with Gasteiger partial charge in [0.1, 0.15) is 0 Å². The first-order valence-electron chi connectivity index (χ1n) is 5.02. The summed E-state index contributed by atoms with van der Waals surface area (Å²) in [6.45, 7) is 0. The summed E-state index contributed by atoms with van der Waals surface area (Å²) >= 11 is 3.36. The minimum absolute atomic E-state index is 0.0920. The number of hydrogen-bond donors (Lipinski definition) is 2. The molecule has 0 aliphatic heterocycles. The van der Waals surface area contributed by atoms with Gasteiger partial charge in [-0.1, -0.05) is 0 Å². The van der Waals surface area contributed by atoms with Crippen LogP contribution < -0.4 is 11.1 Å². The van der Waals surface area contributed by atoms with E-state index in [0.717, 1.165) is 23.0 Å². The highest BCUT2D eigenvalue weighted by Crippen LogP contribution is 2.30. The van der Waals surface area contributed by atoms with Gasteiger partial charge in [0.05, 0.1) is 10.6 Å². The average Bonchev–Trinajstić information content (AvgIpc) is 2.18. The summed E-state index contributed by atoms with van der Waals surface area (Å²) in [5.74, 6) is 0. The van der Waals surface area contributed by atoms with Crippen LogP contribution in [0.1, 0.15) is 12.8 Å². The lowest BCUT2D eigenvalue weighted by molar-refractivity contribution is -0.384. The Kier molecular flexibility index (Phi) is 3.11. The van der Waals surface area contributed by atoms with Crippen LogP contribution in [-0.2, 0) is 0 Å². The van der Waals surface area contributed by atoms with Crippen molar-refractivity contribution >= 4 is 27.3 Å². The number of nitro benzene ring substituents is 1. The Morgan fingerprint density at radius 3 is 2.75 bits per heavy atom. The molecule has 1 saturated carbocycles. The third-order valence-electron chi connectivity index (χ3n) is 2.69. The molecule has 1 aromatic rings. The van der Waals surface area contributed by atoms with Crippen molar-refractivity contribution in [3.63, 3.8) is 0 Å². The van der Waals surface area contributed by atoms with Crippen molar-refractivity contribution in [2.24, 2.45) is 5.73 Å². The monoisotopic (exact) mass is 285 g/mol. The standard InChI is InChI=1S/C10H12BrN3O2/c11-9-2-1-8(14(15)16)5-10(9)13-7-3-6(12)4-7/h1-2,5-7,13H,3-4,12H2. The minimum atomic E-state index is -0.399. The van der Waals surface area contributed by atoms with Gasteiger partial charge >= 0.3 is 0 Å². The Hall–Kier alpha value is -1.14. The third-order valence-corrected chi connectivity index (χ3v) is 3.39. The molecule has 0 bridgehead atoms. The second-order valence-corrected chi connectivity index (χ2v) is 4.85. The number of hydrogen-bond acceptors (Lipinski definition) is 4. The highest BCUT2D eigenvalue weighted by Gasteiger charge is 2.26. The molecule has 0 spiro atoms. The number of nitrogens with two attached hydrogens (primary N) is 1. The van der Waals surface area contributed by atoms with Gasteiger partial charge in [0, 0.05) is 28.7 Å². The topological polar surface area (TPSA) is 81.2 Å². The molecular formula is C10H12BrN3O2. The fourth-order valence-corrected chi connectivity index (χ4v) is 2.10. The molecule has 1 fully saturated rings. The zero-order chi connectivity index (χ0) is 11.7. The van der Waals surface area contributed by atoms with Crippen LogP contribution in [0.4, 0.5) is 11.4 Å². The van der Waals surface area contributed by atoms with Gasteiger partial charge in [0.15, 0.2) is 0 Å². The maximum atomic E-state index is 10.6. The summed E-state index contributed by atoms with van der Waals surface area (Å²) in [5, 5.41) is 13.9. The van der Waals surface area contributed by atoms with Crippen LogP contribution in [0.3, 0.4) is 0 Å². The number of rotatable bonds is 3. The van der Waals surface area contributed by atoms with Crippen LogP contribution in [-0.4, -0.2) is 17.0 Å². The lowest BCUT2D eigenvalue weighted by Crippen LogP contribution is -2.44. The predicted molar refractivity (Wildman–Crippen MR) is 65.4 cm³/mol. The third kappa shape index (κ3) is 2.33. The Balaban J connectivity index is 2.12. The normalized spacial score (nSPS) is 23.6. The van der Waals surface area contributed by atoms with E-state index in [0.29, 0.717) is 6.04 Å². The molecule has 2 rings (SSSR count). The first-order valence-corrected chi connectivity index (χ1v) is 5.81. The minimum Gasteiger partial charge on any atom is -0.381 e. The molecule has 86 valence electrons. The molecule has 5 nitrogen and oxygen atoms in total. The molecular weight excluding hydrogens is 274 g/mol. The van der Waals surface area contributed by atoms with Crippen molar-refractivity contribution in [1.29, 1.82) is 0 Å². The summed E-state index contributed by atoms with van der Waals surface area (Å²) in [6, 6.07) is 5.28. The van der Waals surface area contributed by atoms with Crippen molar-refractivity contribution < 1.29 is 4.92 Å². The molecule has 1 aliphatic carbocycles. The van der Waals surface area contributed by atoms with Gasteiger partial charge < -0.3 is 11.1 Å². The number of nitrogens with zero attached hydrogens (tertiary/aromatic N) is 1. The van der Waals surface area contributed by atoms with E-state index < -0.39 is 4.92 Å². The van der Waals surface area contributed by atoms with Crippen molar-refractivity contribution in [3.05, 3.63) is 32.8 Å². The number of nitrogens with one attached hydrogen (secondary N) is 1. The molecule has 3 N–H and O–H groups in total. The van der Waals surface area contributed by atoms with Gasteiger partial charge in [-0.2, -0.15) is 0 Å². The van der Waals surface area contributed by atoms with E-state index >= 15 is 0 Å². The molecule has 0 radical (unpaired) electrons. The SMILES string of the molecule is NC1CC(Nc2cc([N+](=O)[O-])ccc2Br)C1. The lowest BCUT2D eigenvalue weighted by Gasteiger charge is -2.34. The molecule has 0 unspecified atom stereocenters. The summed E-state index contributed by atoms with van der Waals surface area (Å²) in [7, 11) is 0. The Morgan fingerprint density at radius 2 is 2.19 bits per heavy atom. The van der Waals surface area contributed by atoms with E-state index in [4.69, 9.17) is 5.73 Å². The first-order chi connectivity index (χ1) is 7.56. The predicted octanol–water partition coefficient (Wildman–Crippen LogP) is 2.26. The molecule has 1 aromatic carbocycles. The van der Waals surface area contributed by atoms with Gasteiger partial charge in [0.2, 0.25) is 0 Å². The second kappa shape index (κ2) is 4.39. The van der Waals surface area contributed by atoms with Crippen molar-refractivity contribution in [3.8, 4) is 0 Å². The lowest BCUT2D eigenvalue weighted by atomic mass is 9.87. The molecule has 0 saturated heterocycles. The maximum Gasteiger partial charge on any atom is 0.271 e. The van der Waals surface area contributed by atoms with Gasteiger partial charge in [-0.25, -0.2) is 0 Å². The maximum absolute atomic E-state index is 10.6. The first kappa shape index (κ1) is 11.3. The highest BCUT2D eigenvalue weighted by atomic mass is 79.9. The fourth-order valence-electron chi connectivity index (χ4n) is 1.74. The molecule has 16 heavy (non-hydrogen) atoms. The number of nitro groups is 1. The smallest absolute Gasteiger partial charge is 0.271 e. The van der Waals surface area contributed by atoms with Gasteiger partial charge in [-0.15, -0.1) is 0 Å². The zero-order valence-electron chi connectivity index (χ0n) is 8.52. The summed E-state index contributed by atoms with van der Waals surface area (Å²) in [4.78, 5) is 10.2. The molecule has 6 heteroatoms. The van der Waals surface area contributed by atoms with Crippen LogP contribution in [0.2, 0.25) is 0 Å². The highest BCUT2D eigenvalue weighted by molar-refractivity contribution is 9.10. The Labute approximate surface area is 101 Å². The number of non-ortho nitro benzene ring substituents is 1. The van der Waals surface area contributed by atoms with Gasteiger partial charge in [-0.3, -0.25) is 10.1 Å². The second-order valence-electron chi connectivity index (χ2n) is 3.99. The molecule has 1 aliphatic rings. The zero-order valence-corrected chi connectivity index (χ0v) is 10.1. The number of benzene rings is 1. The van der Waals surface area contributed by atoms with Gasteiger partial charge in [-0.05, 0) is 34.8 Å². The summed E-state index contributed by atoms with van der Waals surface area (Å²) in [6.07, 6.45) is 1.82. The van der Waals surface area contributed by atoms with Crippen LogP contribution in [0.5, 0.6) is 0 Å². The van der Waals surface area contributed by atoms with E-state index in [2.05, 4.69) is 21.2 Å². The van der Waals surface area contributed by atoms with Gasteiger partial charge in [0.25, 0.3) is 5.69 Å². The Morgan fingerprint density at radius 1 is 1.50 bits per heavy atom. The summed E-state index contributed by atoms with van der Waals surface area (Å²) < 4.78 is 0.832. The van der Waals surface area contributed by atoms with Crippen LogP contribution in [0.15, 0.2) is 22.7 Å². The molecule has 0 amide bonds. The van der Waals surface area contributed by atoms with E-state index in [1.54, 1.807) is 6.07 Å². The largest absolute Gasteiger partial charge is 0.381 e. The van der Waals surface area contributed by atoms with Crippen molar-refractivity contribution in [2.75, 3.05) is 5.32 Å².